The number of nitrogens with one attached hydrogen (secondary N) is 2. The summed E-state index contributed by atoms with van der Waals surface area (Å²) >= 11 is 0. The molecule has 0 aromatic heterocycles. The molecule has 1 aromatic carbocycles. The van der Waals surface area contributed by atoms with E-state index in [1.165, 1.54) is 19.1 Å². The number of anilines is 1. The summed E-state index contributed by atoms with van der Waals surface area (Å²) in [6.45, 7) is 6.88. The van der Waals surface area contributed by atoms with Crippen molar-refractivity contribution in [2.45, 2.75) is 39.7 Å². The average molecular weight is 347 g/mol. The summed E-state index contributed by atoms with van der Waals surface area (Å²) in [5, 5.41) is 16.0. The Kier molecular flexibility index (Phi) is 6.93. The van der Waals surface area contributed by atoms with Crippen LogP contribution in [0.4, 0.5) is 16.2 Å². The molecule has 1 aromatic rings. The molecule has 0 aliphatic heterocycles. The summed E-state index contributed by atoms with van der Waals surface area (Å²) in [5.41, 5.74) is -0.230. The third kappa shape index (κ3) is 7.83. The van der Waals surface area contributed by atoms with Gasteiger partial charge in [-0.3, -0.25) is 14.9 Å². The minimum atomic E-state index is -0.583. The molecule has 8 nitrogen and oxygen atoms in total. The molecule has 0 aliphatic rings. The van der Waals surface area contributed by atoms with Crippen molar-refractivity contribution < 1.29 is 19.2 Å². The SMILES string of the molecule is CC(=O)Nc1ccc(C#CCCNC(=O)OC(C)(C)C)cc1[N+](=O)[O-]. The molecule has 134 valence electrons. The summed E-state index contributed by atoms with van der Waals surface area (Å²) in [5.74, 6) is 5.21. The average Bonchev–Trinajstić information content (AvgIpc) is 2.45. The van der Waals surface area contributed by atoms with Crippen LogP contribution >= 0.6 is 0 Å². The second-order valence-electron chi connectivity index (χ2n) is 6.15. The lowest BCUT2D eigenvalue weighted by Gasteiger charge is -2.19. The maximum Gasteiger partial charge on any atom is 0.407 e. The molecule has 0 spiro atoms. The fourth-order valence-corrected chi connectivity index (χ4v) is 1.76. The maximum atomic E-state index is 11.4. The zero-order valence-electron chi connectivity index (χ0n) is 14.6. The van der Waals surface area contributed by atoms with E-state index in [0.717, 1.165) is 0 Å². The maximum absolute atomic E-state index is 11.4. The van der Waals surface area contributed by atoms with Gasteiger partial charge in [0.1, 0.15) is 11.3 Å². The van der Waals surface area contributed by atoms with Crippen LogP contribution in [0.15, 0.2) is 18.2 Å². The predicted octanol–water partition coefficient (Wildman–Crippen LogP) is 2.82. The summed E-state index contributed by atoms with van der Waals surface area (Å²) in [6, 6.07) is 4.30. The van der Waals surface area contributed by atoms with Gasteiger partial charge in [0.15, 0.2) is 0 Å². The van der Waals surface area contributed by atoms with Crippen LogP contribution < -0.4 is 10.6 Å². The summed E-state index contributed by atoms with van der Waals surface area (Å²) in [6.07, 6.45) is -0.162. The molecule has 0 bridgehead atoms. The lowest BCUT2D eigenvalue weighted by molar-refractivity contribution is -0.383. The van der Waals surface area contributed by atoms with Crippen molar-refractivity contribution in [1.82, 2.24) is 5.32 Å². The Hall–Kier alpha value is -3.08. The van der Waals surface area contributed by atoms with Crippen molar-refractivity contribution >= 4 is 23.4 Å². The topological polar surface area (TPSA) is 111 Å². The molecule has 0 radical (unpaired) electrons. The number of carbonyl (C=O) groups excluding carboxylic acids is 2. The molecule has 2 N–H and O–H groups in total. The summed E-state index contributed by atoms with van der Waals surface area (Å²) in [7, 11) is 0. The number of nitro benzene ring substituents is 1. The first kappa shape index (κ1) is 20.0. The zero-order chi connectivity index (χ0) is 19.0. The number of hydrogen-bond donors (Lipinski definition) is 2. The number of benzene rings is 1. The zero-order valence-corrected chi connectivity index (χ0v) is 14.6. The van der Waals surface area contributed by atoms with E-state index in [4.69, 9.17) is 4.74 Å². The predicted molar refractivity (Wildman–Crippen MR) is 93.1 cm³/mol. The number of rotatable bonds is 4. The first-order chi connectivity index (χ1) is 11.6. The van der Waals surface area contributed by atoms with Crippen LogP contribution in [-0.4, -0.2) is 29.1 Å². The van der Waals surface area contributed by atoms with Crippen molar-refractivity contribution in [3.8, 4) is 11.8 Å². The van der Waals surface area contributed by atoms with E-state index < -0.39 is 22.5 Å². The quantitative estimate of drug-likeness (QED) is 0.376. The molecule has 0 saturated heterocycles. The molecule has 0 atom stereocenters. The van der Waals surface area contributed by atoms with Crippen LogP contribution in [-0.2, 0) is 9.53 Å². The molecule has 1 rings (SSSR count). The molecule has 0 saturated carbocycles. The third-order valence-corrected chi connectivity index (χ3v) is 2.66. The summed E-state index contributed by atoms with van der Waals surface area (Å²) in [4.78, 5) is 33.0. The minimum absolute atomic E-state index is 0.120. The van der Waals surface area contributed by atoms with E-state index in [1.54, 1.807) is 26.8 Å². The molecule has 0 aliphatic carbocycles. The number of alkyl carbamates (subject to hydrolysis) is 1. The van der Waals surface area contributed by atoms with Gasteiger partial charge in [0, 0.05) is 31.5 Å². The van der Waals surface area contributed by atoms with E-state index in [-0.39, 0.29) is 11.4 Å². The smallest absolute Gasteiger partial charge is 0.407 e. The highest BCUT2D eigenvalue weighted by molar-refractivity contribution is 5.91. The second kappa shape index (κ2) is 8.68. The molecule has 0 heterocycles. The largest absolute Gasteiger partial charge is 0.444 e. The van der Waals surface area contributed by atoms with E-state index >= 15 is 0 Å². The summed E-state index contributed by atoms with van der Waals surface area (Å²) < 4.78 is 5.08. The van der Waals surface area contributed by atoms with Crippen molar-refractivity contribution in [2.24, 2.45) is 0 Å². The van der Waals surface area contributed by atoms with Gasteiger partial charge in [0.2, 0.25) is 5.91 Å². The standard InChI is InChI=1S/C17H21N3O5/c1-12(21)19-14-9-8-13(11-15(14)20(23)24)7-5-6-10-18-16(22)25-17(2,3)4/h8-9,11H,6,10H2,1-4H3,(H,18,22)(H,19,21). The Bertz CT molecular complexity index is 726. The number of carbonyl (C=O) groups is 2. The van der Waals surface area contributed by atoms with Gasteiger partial charge < -0.3 is 15.4 Å². The van der Waals surface area contributed by atoms with Crippen molar-refractivity contribution in [3.63, 3.8) is 0 Å². The van der Waals surface area contributed by atoms with E-state index in [0.29, 0.717) is 18.5 Å². The number of nitro groups is 1. The van der Waals surface area contributed by atoms with Gasteiger partial charge in [0.05, 0.1) is 4.92 Å². The van der Waals surface area contributed by atoms with Crippen molar-refractivity contribution in [1.29, 1.82) is 0 Å². The molecule has 0 unspecified atom stereocenters. The molecule has 8 heteroatoms. The van der Waals surface area contributed by atoms with Gasteiger partial charge in [-0.1, -0.05) is 11.8 Å². The fourth-order valence-electron chi connectivity index (χ4n) is 1.76. The van der Waals surface area contributed by atoms with Gasteiger partial charge in [-0.2, -0.15) is 0 Å². The minimum Gasteiger partial charge on any atom is -0.444 e. The first-order valence-electron chi connectivity index (χ1n) is 7.60. The highest BCUT2D eigenvalue weighted by atomic mass is 16.6. The van der Waals surface area contributed by atoms with Gasteiger partial charge in [-0.05, 0) is 32.9 Å². The van der Waals surface area contributed by atoms with E-state index in [9.17, 15) is 19.7 Å². The highest BCUT2D eigenvalue weighted by Gasteiger charge is 2.16. The highest BCUT2D eigenvalue weighted by Crippen LogP contribution is 2.25. The van der Waals surface area contributed by atoms with Gasteiger partial charge in [-0.15, -0.1) is 0 Å². The van der Waals surface area contributed by atoms with Crippen molar-refractivity contribution in [2.75, 3.05) is 11.9 Å². The van der Waals surface area contributed by atoms with Crippen LogP contribution in [0.3, 0.4) is 0 Å². The van der Waals surface area contributed by atoms with E-state index in [1.807, 2.05) is 0 Å². The van der Waals surface area contributed by atoms with Crippen LogP contribution in [0, 0.1) is 22.0 Å². The molecule has 25 heavy (non-hydrogen) atoms. The van der Waals surface area contributed by atoms with Gasteiger partial charge in [0.25, 0.3) is 5.69 Å². The Labute approximate surface area is 146 Å². The Morgan fingerprint density at radius 2 is 2.00 bits per heavy atom. The van der Waals surface area contributed by atoms with Gasteiger partial charge >= 0.3 is 6.09 Å². The lowest BCUT2D eigenvalue weighted by Crippen LogP contribution is -2.32. The lowest BCUT2D eigenvalue weighted by atomic mass is 10.1. The van der Waals surface area contributed by atoms with Crippen LogP contribution in [0.2, 0.25) is 0 Å². The fraction of sp³-hybridized carbons (Fsp3) is 0.412. The molecular weight excluding hydrogens is 326 g/mol. The normalized spacial score (nSPS) is 10.2. The van der Waals surface area contributed by atoms with E-state index in [2.05, 4.69) is 22.5 Å². The first-order valence-corrected chi connectivity index (χ1v) is 7.60. The number of nitrogens with zero attached hydrogens (tertiary/aromatic N) is 1. The Morgan fingerprint density at radius 1 is 1.32 bits per heavy atom. The number of ether oxygens (including phenoxy) is 1. The van der Waals surface area contributed by atoms with Crippen LogP contribution in [0.1, 0.15) is 39.7 Å². The second-order valence-corrected chi connectivity index (χ2v) is 6.15. The number of hydrogen-bond acceptors (Lipinski definition) is 5. The number of amides is 2. The molecule has 0 fully saturated rings. The van der Waals surface area contributed by atoms with Crippen LogP contribution in [0.5, 0.6) is 0 Å². The van der Waals surface area contributed by atoms with Crippen molar-refractivity contribution in [3.05, 3.63) is 33.9 Å². The Morgan fingerprint density at radius 3 is 2.56 bits per heavy atom. The molecular formula is C17H21N3O5. The van der Waals surface area contributed by atoms with Crippen LogP contribution in [0.25, 0.3) is 0 Å². The van der Waals surface area contributed by atoms with Gasteiger partial charge in [-0.25, -0.2) is 4.79 Å². The third-order valence-electron chi connectivity index (χ3n) is 2.66. The molecule has 2 amide bonds. The Balaban J connectivity index is 2.65. The monoisotopic (exact) mass is 347 g/mol.